The average Bonchev–Trinajstić information content (AvgIpc) is 2.50. The minimum atomic E-state index is -1.18. The summed E-state index contributed by atoms with van der Waals surface area (Å²) in [6.45, 7) is 2.10. The van der Waals surface area contributed by atoms with Crippen molar-refractivity contribution < 1.29 is 14.7 Å². The maximum Gasteiger partial charge on any atom is 0.329 e. The summed E-state index contributed by atoms with van der Waals surface area (Å²) in [6.07, 6.45) is 4.41. The molecule has 0 aromatic heterocycles. The number of carboxylic acid groups (broad SMARTS) is 1. The van der Waals surface area contributed by atoms with E-state index in [1.54, 1.807) is 12.1 Å². The van der Waals surface area contributed by atoms with Gasteiger partial charge in [-0.15, -0.1) is 11.8 Å². The van der Waals surface area contributed by atoms with Gasteiger partial charge in [-0.3, -0.25) is 4.79 Å². The second-order valence-corrected chi connectivity index (χ2v) is 7.16. The average molecular weight is 342 g/mol. The molecule has 1 aliphatic carbocycles. The third kappa shape index (κ3) is 3.58. The first kappa shape index (κ1) is 17.2. The Labute approximate surface area is 139 Å². The van der Waals surface area contributed by atoms with Gasteiger partial charge in [0, 0.05) is 4.90 Å². The first-order chi connectivity index (χ1) is 10.4. The summed E-state index contributed by atoms with van der Waals surface area (Å²) < 4.78 is 0. The molecule has 2 N–H and O–H groups in total. The molecule has 0 atom stereocenters. The topological polar surface area (TPSA) is 66.4 Å². The smallest absolute Gasteiger partial charge is 0.329 e. The Bertz CT molecular complexity index is 583. The molecule has 0 aliphatic heterocycles. The summed E-state index contributed by atoms with van der Waals surface area (Å²) in [7, 11) is 0. The highest BCUT2D eigenvalue weighted by Gasteiger charge is 2.42. The zero-order chi connectivity index (χ0) is 16.3. The predicted octanol–water partition coefficient (Wildman–Crippen LogP) is 3.83. The fourth-order valence-electron chi connectivity index (χ4n) is 2.74. The molecule has 0 bridgehead atoms. The quantitative estimate of drug-likeness (QED) is 0.817. The minimum Gasteiger partial charge on any atom is -0.480 e. The molecule has 1 saturated carbocycles. The van der Waals surface area contributed by atoms with E-state index >= 15 is 0 Å². The Morgan fingerprint density at radius 1 is 1.36 bits per heavy atom. The Kier molecular flexibility index (Phi) is 5.40. The van der Waals surface area contributed by atoms with Crippen LogP contribution < -0.4 is 5.32 Å². The molecule has 1 aromatic rings. The van der Waals surface area contributed by atoms with Crippen LogP contribution in [0.15, 0.2) is 23.1 Å². The number of aliphatic carboxylic acids is 1. The highest BCUT2D eigenvalue weighted by Crippen LogP contribution is 2.33. The van der Waals surface area contributed by atoms with E-state index in [-0.39, 0.29) is 0 Å². The lowest BCUT2D eigenvalue weighted by Gasteiger charge is -2.36. The van der Waals surface area contributed by atoms with Crippen LogP contribution in [-0.2, 0) is 4.79 Å². The van der Waals surface area contributed by atoms with Crippen LogP contribution in [0.25, 0.3) is 0 Å². The van der Waals surface area contributed by atoms with Crippen LogP contribution >= 0.6 is 23.4 Å². The molecule has 0 unspecified atom stereocenters. The van der Waals surface area contributed by atoms with Gasteiger partial charge in [-0.1, -0.05) is 18.5 Å². The normalized spacial score (nSPS) is 24.8. The van der Waals surface area contributed by atoms with E-state index < -0.39 is 17.4 Å². The molecule has 0 saturated heterocycles. The fourth-order valence-corrected chi connectivity index (χ4v) is 3.38. The van der Waals surface area contributed by atoms with Crippen molar-refractivity contribution in [2.75, 3.05) is 6.26 Å². The molecule has 1 amide bonds. The molecule has 1 fully saturated rings. The highest BCUT2D eigenvalue weighted by atomic mass is 35.5. The molecular weight excluding hydrogens is 322 g/mol. The van der Waals surface area contributed by atoms with E-state index in [1.807, 2.05) is 12.3 Å². The van der Waals surface area contributed by atoms with Gasteiger partial charge in [0.2, 0.25) is 0 Å². The molecule has 1 aliphatic rings. The number of benzene rings is 1. The van der Waals surface area contributed by atoms with E-state index in [9.17, 15) is 14.7 Å². The molecule has 4 nitrogen and oxygen atoms in total. The summed E-state index contributed by atoms with van der Waals surface area (Å²) in [5.41, 5.74) is -0.852. The van der Waals surface area contributed by atoms with Crippen molar-refractivity contribution in [3.8, 4) is 0 Å². The summed E-state index contributed by atoms with van der Waals surface area (Å²) in [5.74, 6) is -0.893. The van der Waals surface area contributed by atoms with Crippen LogP contribution in [0.5, 0.6) is 0 Å². The fraction of sp³-hybridized carbons (Fsp3) is 0.500. The van der Waals surface area contributed by atoms with E-state index in [0.29, 0.717) is 29.3 Å². The van der Waals surface area contributed by atoms with Crippen LogP contribution in [0.3, 0.4) is 0 Å². The number of nitrogens with one attached hydrogen (secondary N) is 1. The molecule has 0 spiro atoms. The van der Waals surface area contributed by atoms with Crippen LogP contribution in [0.2, 0.25) is 5.02 Å². The summed E-state index contributed by atoms with van der Waals surface area (Å²) in [6, 6.07) is 5.20. The number of carbonyl (C=O) groups is 2. The number of halogens is 1. The summed E-state index contributed by atoms with van der Waals surface area (Å²) in [5, 5.41) is 12.7. The number of amides is 1. The van der Waals surface area contributed by atoms with Gasteiger partial charge >= 0.3 is 5.97 Å². The third-order valence-electron chi connectivity index (χ3n) is 4.31. The van der Waals surface area contributed by atoms with Crippen molar-refractivity contribution in [2.45, 2.75) is 43.0 Å². The number of rotatable bonds is 4. The van der Waals surface area contributed by atoms with Gasteiger partial charge in [-0.25, -0.2) is 4.79 Å². The van der Waals surface area contributed by atoms with Crippen molar-refractivity contribution in [1.82, 2.24) is 5.32 Å². The second kappa shape index (κ2) is 6.92. The molecule has 0 radical (unpaired) electrons. The van der Waals surface area contributed by atoms with Gasteiger partial charge in [0.15, 0.2) is 0 Å². The molecule has 0 heterocycles. The van der Waals surface area contributed by atoms with Crippen molar-refractivity contribution in [2.24, 2.45) is 5.92 Å². The lowest BCUT2D eigenvalue weighted by Crippen LogP contribution is -2.56. The van der Waals surface area contributed by atoms with Gasteiger partial charge in [0.05, 0.1) is 10.6 Å². The second-order valence-electron chi connectivity index (χ2n) is 5.87. The molecular formula is C16H20ClNO3S. The zero-order valence-corrected chi connectivity index (χ0v) is 14.3. The van der Waals surface area contributed by atoms with Gasteiger partial charge < -0.3 is 10.4 Å². The number of carbonyl (C=O) groups excluding carboxylic acids is 1. The van der Waals surface area contributed by atoms with Gasteiger partial charge in [-0.05, 0) is 56.1 Å². The van der Waals surface area contributed by atoms with E-state index in [0.717, 1.165) is 17.7 Å². The maximum absolute atomic E-state index is 12.5. The maximum atomic E-state index is 12.5. The first-order valence-corrected chi connectivity index (χ1v) is 8.87. The number of hydrogen-bond acceptors (Lipinski definition) is 3. The van der Waals surface area contributed by atoms with E-state index in [4.69, 9.17) is 11.6 Å². The molecule has 2 rings (SSSR count). The Morgan fingerprint density at radius 2 is 2.00 bits per heavy atom. The third-order valence-corrected chi connectivity index (χ3v) is 5.36. The summed E-state index contributed by atoms with van der Waals surface area (Å²) in [4.78, 5) is 25.1. The van der Waals surface area contributed by atoms with Gasteiger partial charge in [-0.2, -0.15) is 0 Å². The Morgan fingerprint density at radius 3 is 2.55 bits per heavy atom. The standard InChI is InChI=1S/C16H20ClNO3S/c1-10-5-7-16(8-6-10,15(20)21)18-14(19)12-9-11(22-2)3-4-13(12)17/h3-4,9-10H,5-8H2,1-2H3,(H,18,19)(H,20,21). The molecule has 6 heteroatoms. The summed E-state index contributed by atoms with van der Waals surface area (Å²) >= 11 is 7.60. The molecule has 22 heavy (non-hydrogen) atoms. The molecule has 1 aromatic carbocycles. The SMILES string of the molecule is CSc1ccc(Cl)c(C(=O)NC2(C(=O)O)CCC(C)CC2)c1. The predicted molar refractivity (Wildman–Crippen MR) is 88.7 cm³/mol. The first-order valence-electron chi connectivity index (χ1n) is 7.27. The van der Waals surface area contributed by atoms with Gasteiger partial charge in [0.1, 0.15) is 5.54 Å². The largest absolute Gasteiger partial charge is 0.480 e. The van der Waals surface area contributed by atoms with E-state index in [2.05, 4.69) is 12.2 Å². The van der Waals surface area contributed by atoms with Crippen molar-refractivity contribution >= 4 is 35.2 Å². The van der Waals surface area contributed by atoms with Crippen LogP contribution in [0.4, 0.5) is 0 Å². The number of hydrogen-bond donors (Lipinski definition) is 2. The Hall–Kier alpha value is -1.20. The van der Waals surface area contributed by atoms with E-state index in [1.165, 1.54) is 11.8 Å². The number of carboxylic acids is 1. The van der Waals surface area contributed by atoms with Gasteiger partial charge in [0.25, 0.3) is 5.91 Å². The van der Waals surface area contributed by atoms with Crippen LogP contribution in [0.1, 0.15) is 43.0 Å². The monoisotopic (exact) mass is 341 g/mol. The minimum absolute atomic E-state index is 0.327. The van der Waals surface area contributed by atoms with Crippen molar-refractivity contribution in [3.05, 3.63) is 28.8 Å². The highest BCUT2D eigenvalue weighted by molar-refractivity contribution is 7.98. The zero-order valence-electron chi connectivity index (χ0n) is 12.7. The Balaban J connectivity index is 2.24. The van der Waals surface area contributed by atoms with Crippen LogP contribution in [-0.4, -0.2) is 28.8 Å². The lowest BCUT2D eigenvalue weighted by atomic mass is 9.77. The molecule has 120 valence electrons. The van der Waals surface area contributed by atoms with Crippen molar-refractivity contribution in [1.29, 1.82) is 0 Å². The van der Waals surface area contributed by atoms with Crippen LogP contribution in [0, 0.1) is 5.92 Å². The lowest BCUT2D eigenvalue weighted by molar-refractivity contribution is -0.146. The van der Waals surface area contributed by atoms with Crippen molar-refractivity contribution in [3.63, 3.8) is 0 Å². The number of thioether (sulfide) groups is 1.